The van der Waals surface area contributed by atoms with Crippen LogP contribution in [0.1, 0.15) is 19.3 Å². The van der Waals surface area contributed by atoms with Crippen LogP contribution in [0.25, 0.3) is 0 Å². The van der Waals surface area contributed by atoms with Crippen molar-refractivity contribution in [2.45, 2.75) is 25.3 Å². The summed E-state index contributed by atoms with van der Waals surface area (Å²) in [4.78, 5) is 2.44. The predicted octanol–water partition coefficient (Wildman–Crippen LogP) is -0.309. The van der Waals surface area contributed by atoms with Crippen LogP contribution in [0.5, 0.6) is 0 Å². The maximum atomic E-state index is 11.4. The Morgan fingerprint density at radius 2 is 1.82 bits per heavy atom. The second-order valence-electron chi connectivity index (χ2n) is 5.19. The second-order valence-corrected chi connectivity index (χ2v) is 7.17. The van der Waals surface area contributed by atoms with Gasteiger partial charge in [0.15, 0.2) is 0 Å². The van der Waals surface area contributed by atoms with Crippen LogP contribution >= 0.6 is 0 Å². The third-order valence-electron chi connectivity index (χ3n) is 4.13. The topological polar surface area (TPSA) is 66.6 Å². The van der Waals surface area contributed by atoms with Crippen LogP contribution in [0.4, 0.5) is 0 Å². The first-order chi connectivity index (χ1) is 8.02. The molecule has 5 nitrogen and oxygen atoms in total. The number of sulfonamides is 1. The Kier molecular flexibility index (Phi) is 4.07. The first kappa shape index (κ1) is 13.3. The Balaban J connectivity index is 1.91. The van der Waals surface area contributed by atoms with Gasteiger partial charge in [0, 0.05) is 32.2 Å². The van der Waals surface area contributed by atoms with Gasteiger partial charge < -0.3 is 5.73 Å². The van der Waals surface area contributed by atoms with E-state index in [0.29, 0.717) is 25.0 Å². The van der Waals surface area contributed by atoms with Gasteiger partial charge in [-0.3, -0.25) is 4.90 Å². The van der Waals surface area contributed by atoms with Crippen molar-refractivity contribution in [1.29, 1.82) is 0 Å². The van der Waals surface area contributed by atoms with Crippen molar-refractivity contribution in [3.8, 4) is 0 Å². The maximum absolute atomic E-state index is 11.4. The molecule has 0 spiro atoms. The van der Waals surface area contributed by atoms with E-state index >= 15 is 0 Å². The van der Waals surface area contributed by atoms with Gasteiger partial charge in [0.1, 0.15) is 0 Å². The van der Waals surface area contributed by atoms with Crippen molar-refractivity contribution in [2.24, 2.45) is 11.7 Å². The molecule has 0 aromatic carbocycles. The molecule has 0 aromatic heterocycles. The van der Waals surface area contributed by atoms with Crippen LogP contribution in [0, 0.1) is 5.92 Å². The number of rotatable bonds is 3. The summed E-state index contributed by atoms with van der Waals surface area (Å²) in [5, 5.41) is 0. The average Bonchev–Trinajstić information content (AvgIpc) is 2.76. The minimum Gasteiger partial charge on any atom is -0.330 e. The third kappa shape index (κ3) is 2.99. The zero-order valence-electron chi connectivity index (χ0n) is 10.5. The first-order valence-electron chi connectivity index (χ1n) is 6.41. The number of nitrogens with two attached hydrogens (primary N) is 1. The Labute approximate surface area is 104 Å². The van der Waals surface area contributed by atoms with Crippen molar-refractivity contribution in [2.75, 3.05) is 39.0 Å². The van der Waals surface area contributed by atoms with E-state index in [1.807, 2.05) is 0 Å². The molecule has 17 heavy (non-hydrogen) atoms. The van der Waals surface area contributed by atoms with E-state index in [4.69, 9.17) is 5.73 Å². The molecule has 6 heteroatoms. The largest absolute Gasteiger partial charge is 0.330 e. The van der Waals surface area contributed by atoms with Crippen LogP contribution in [-0.4, -0.2) is 62.6 Å². The van der Waals surface area contributed by atoms with Crippen molar-refractivity contribution in [1.82, 2.24) is 9.21 Å². The molecule has 0 radical (unpaired) electrons. The van der Waals surface area contributed by atoms with Gasteiger partial charge in [0.05, 0.1) is 6.26 Å². The Bertz CT molecular complexity index is 350. The Morgan fingerprint density at radius 1 is 1.18 bits per heavy atom. The molecule has 2 aliphatic rings. The summed E-state index contributed by atoms with van der Waals surface area (Å²) >= 11 is 0. The summed E-state index contributed by atoms with van der Waals surface area (Å²) in [5.41, 5.74) is 5.79. The fraction of sp³-hybridized carbons (Fsp3) is 1.00. The maximum Gasteiger partial charge on any atom is 0.211 e. The van der Waals surface area contributed by atoms with E-state index in [9.17, 15) is 8.42 Å². The molecule has 1 saturated heterocycles. The summed E-state index contributed by atoms with van der Waals surface area (Å²) < 4.78 is 24.4. The molecule has 2 unspecified atom stereocenters. The van der Waals surface area contributed by atoms with Crippen LogP contribution in [-0.2, 0) is 10.0 Å². The highest BCUT2D eigenvalue weighted by molar-refractivity contribution is 7.88. The third-order valence-corrected chi connectivity index (χ3v) is 5.44. The summed E-state index contributed by atoms with van der Waals surface area (Å²) in [6.07, 6.45) is 5.01. The Hall–Kier alpha value is -0.170. The zero-order chi connectivity index (χ0) is 12.5. The lowest BCUT2D eigenvalue weighted by Crippen LogP contribution is -2.53. The van der Waals surface area contributed by atoms with Gasteiger partial charge in [-0.05, 0) is 25.3 Å². The Morgan fingerprint density at radius 3 is 2.35 bits per heavy atom. The van der Waals surface area contributed by atoms with Crippen molar-refractivity contribution in [3.05, 3.63) is 0 Å². The standard InChI is InChI=1S/C11H23N3O2S/c1-17(15,16)14-7-5-13(6-8-14)11-4-2-3-10(11)9-12/h10-11H,2-9,12H2,1H3. The lowest BCUT2D eigenvalue weighted by Gasteiger charge is -2.39. The normalized spacial score (nSPS) is 33.1. The van der Waals surface area contributed by atoms with E-state index in [2.05, 4.69) is 4.90 Å². The van der Waals surface area contributed by atoms with Crippen LogP contribution in [0.2, 0.25) is 0 Å². The molecule has 1 aliphatic carbocycles. The molecule has 1 saturated carbocycles. The molecule has 0 bridgehead atoms. The molecule has 1 heterocycles. The smallest absolute Gasteiger partial charge is 0.211 e. The van der Waals surface area contributed by atoms with Crippen LogP contribution in [0.15, 0.2) is 0 Å². The quantitative estimate of drug-likeness (QED) is 0.757. The van der Waals surface area contributed by atoms with Crippen molar-refractivity contribution >= 4 is 10.0 Å². The van der Waals surface area contributed by atoms with Gasteiger partial charge in [-0.15, -0.1) is 0 Å². The fourth-order valence-electron chi connectivity index (χ4n) is 3.14. The van der Waals surface area contributed by atoms with Gasteiger partial charge in [-0.2, -0.15) is 4.31 Å². The minimum absolute atomic E-state index is 0.585. The SMILES string of the molecule is CS(=O)(=O)N1CCN(C2CCCC2CN)CC1. The second kappa shape index (κ2) is 5.22. The molecular weight excluding hydrogens is 238 g/mol. The first-order valence-corrected chi connectivity index (χ1v) is 8.26. The molecule has 0 amide bonds. The summed E-state index contributed by atoms with van der Waals surface area (Å²) in [7, 11) is -3.01. The van der Waals surface area contributed by atoms with E-state index in [1.54, 1.807) is 4.31 Å². The van der Waals surface area contributed by atoms with Gasteiger partial charge >= 0.3 is 0 Å². The lowest BCUT2D eigenvalue weighted by atomic mass is 10.0. The summed E-state index contributed by atoms with van der Waals surface area (Å²) in [6, 6.07) is 0.585. The molecule has 2 rings (SSSR count). The van der Waals surface area contributed by atoms with Crippen LogP contribution < -0.4 is 5.73 Å². The molecule has 2 fully saturated rings. The minimum atomic E-state index is -3.01. The molecular formula is C11H23N3O2S. The summed E-state index contributed by atoms with van der Waals surface area (Å²) in [5.74, 6) is 0.611. The van der Waals surface area contributed by atoms with Gasteiger partial charge in [0.25, 0.3) is 0 Å². The highest BCUT2D eigenvalue weighted by Crippen LogP contribution is 2.29. The van der Waals surface area contributed by atoms with E-state index < -0.39 is 10.0 Å². The molecule has 100 valence electrons. The lowest BCUT2D eigenvalue weighted by molar-refractivity contribution is 0.115. The predicted molar refractivity (Wildman–Crippen MR) is 68.2 cm³/mol. The number of hydrogen-bond acceptors (Lipinski definition) is 4. The molecule has 0 aromatic rings. The fourth-order valence-corrected chi connectivity index (χ4v) is 3.97. The highest BCUT2D eigenvalue weighted by atomic mass is 32.2. The zero-order valence-corrected chi connectivity index (χ0v) is 11.3. The average molecular weight is 261 g/mol. The highest BCUT2D eigenvalue weighted by Gasteiger charge is 2.34. The van der Waals surface area contributed by atoms with E-state index in [-0.39, 0.29) is 0 Å². The van der Waals surface area contributed by atoms with Crippen molar-refractivity contribution in [3.63, 3.8) is 0 Å². The van der Waals surface area contributed by atoms with Gasteiger partial charge in [-0.25, -0.2) is 8.42 Å². The monoisotopic (exact) mass is 261 g/mol. The molecule has 1 aliphatic heterocycles. The number of piperazine rings is 1. The van der Waals surface area contributed by atoms with Crippen LogP contribution in [0.3, 0.4) is 0 Å². The number of nitrogens with zero attached hydrogens (tertiary/aromatic N) is 2. The molecule has 2 atom stereocenters. The van der Waals surface area contributed by atoms with E-state index in [1.165, 1.54) is 25.5 Å². The summed E-state index contributed by atoms with van der Waals surface area (Å²) in [6.45, 7) is 3.73. The van der Waals surface area contributed by atoms with Gasteiger partial charge in [0.2, 0.25) is 10.0 Å². The number of hydrogen-bond donors (Lipinski definition) is 1. The van der Waals surface area contributed by atoms with Crippen molar-refractivity contribution < 1.29 is 8.42 Å². The molecule has 2 N–H and O–H groups in total. The van der Waals surface area contributed by atoms with Gasteiger partial charge in [-0.1, -0.05) is 6.42 Å². The van der Waals surface area contributed by atoms with E-state index in [0.717, 1.165) is 19.6 Å².